The summed E-state index contributed by atoms with van der Waals surface area (Å²) in [5.74, 6) is 1.52. The Bertz CT molecular complexity index is 730. The van der Waals surface area contributed by atoms with Gasteiger partial charge in [0, 0.05) is 6.07 Å². The molecule has 2 aromatic rings. The second-order valence-electron chi connectivity index (χ2n) is 5.89. The van der Waals surface area contributed by atoms with E-state index in [1.807, 2.05) is 24.4 Å². The quantitative estimate of drug-likeness (QED) is 0.722. The number of rotatable bonds is 6. The molecule has 6 nitrogen and oxygen atoms in total. The summed E-state index contributed by atoms with van der Waals surface area (Å²) in [5.41, 5.74) is 0. The number of hydrogen-bond acceptors (Lipinski definition) is 4. The number of para-hydroxylation sites is 1. The van der Waals surface area contributed by atoms with Crippen molar-refractivity contribution in [3.63, 3.8) is 0 Å². The molecule has 0 bridgehead atoms. The van der Waals surface area contributed by atoms with E-state index in [0.717, 1.165) is 32.0 Å². The number of quaternary nitrogens is 1. The maximum absolute atomic E-state index is 12.1. The molecule has 1 aromatic carbocycles. The van der Waals surface area contributed by atoms with E-state index in [2.05, 4.69) is 16.0 Å². The van der Waals surface area contributed by atoms with Crippen molar-refractivity contribution in [3.05, 3.63) is 54.7 Å². The molecule has 0 aliphatic carbocycles. The summed E-state index contributed by atoms with van der Waals surface area (Å²) in [7, 11) is -3.54. The van der Waals surface area contributed by atoms with Gasteiger partial charge in [-0.05, 0) is 18.2 Å². The molecule has 1 saturated heterocycles. The van der Waals surface area contributed by atoms with Crippen LogP contribution in [0.25, 0.3) is 0 Å². The van der Waals surface area contributed by atoms with Crippen LogP contribution in [0.1, 0.15) is 0 Å². The van der Waals surface area contributed by atoms with Gasteiger partial charge < -0.3 is 9.08 Å². The van der Waals surface area contributed by atoms with Gasteiger partial charge in [0.25, 0.3) is 5.82 Å². The van der Waals surface area contributed by atoms with Crippen LogP contribution in [0.5, 0.6) is 5.75 Å². The molecule has 0 spiro atoms. The smallest absolute Gasteiger partial charge is 0.314 e. The lowest BCUT2D eigenvalue weighted by atomic mass is 10.3. The zero-order valence-electron chi connectivity index (χ0n) is 13.5. The van der Waals surface area contributed by atoms with Crippen LogP contribution in [0.15, 0.2) is 54.7 Å². The fourth-order valence-corrected chi connectivity index (χ4v) is 3.85. The molecule has 1 aliphatic rings. The van der Waals surface area contributed by atoms with Gasteiger partial charge in [-0.3, -0.25) is 4.90 Å². The van der Waals surface area contributed by atoms with Gasteiger partial charge >= 0.3 is 10.1 Å². The summed E-state index contributed by atoms with van der Waals surface area (Å²) in [5, 5.41) is 0. The van der Waals surface area contributed by atoms with Crippen molar-refractivity contribution >= 4 is 15.9 Å². The first-order valence-corrected chi connectivity index (χ1v) is 9.72. The third kappa shape index (κ3) is 4.69. The minimum Gasteiger partial charge on any atom is -0.382 e. The van der Waals surface area contributed by atoms with Crippen molar-refractivity contribution in [1.82, 2.24) is 0 Å². The monoisotopic (exact) mass is 349 g/mol. The number of benzene rings is 1. The zero-order chi connectivity index (χ0) is 16.8. The molecule has 2 N–H and O–H groups in total. The first-order chi connectivity index (χ1) is 11.6. The third-order valence-corrected chi connectivity index (χ3v) is 5.33. The Labute approximate surface area is 142 Å². The van der Waals surface area contributed by atoms with Crippen molar-refractivity contribution in [1.29, 1.82) is 0 Å². The molecule has 1 fully saturated rings. The van der Waals surface area contributed by atoms with Gasteiger partial charge in [0.1, 0.15) is 37.7 Å². The number of nitrogens with zero attached hydrogens (tertiary/aromatic N) is 1. The summed E-state index contributed by atoms with van der Waals surface area (Å²) >= 11 is 0. The standard InChI is InChI=1S/C17H21N3O3S/c21-24(22,23-16-6-2-1-3-7-16)15-14-19-10-12-20(13-11-19)17-8-4-5-9-18-17/h1-9H,10-15H2/p+2. The van der Waals surface area contributed by atoms with E-state index < -0.39 is 10.1 Å². The van der Waals surface area contributed by atoms with Crippen LogP contribution >= 0.6 is 0 Å². The van der Waals surface area contributed by atoms with Crippen LogP contribution < -0.4 is 19.0 Å². The van der Waals surface area contributed by atoms with E-state index >= 15 is 0 Å². The van der Waals surface area contributed by atoms with Crippen molar-refractivity contribution in [2.75, 3.05) is 43.4 Å². The maximum atomic E-state index is 12.1. The van der Waals surface area contributed by atoms with E-state index in [-0.39, 0.29) is 5.75 Å². The van der Waals surface area contributed by atoms with Crippen LogP contribution in [-0.4, -0.2) is 46.9 Å². The molecule has 7 heteroatoms. The molecular weight excluding hydrogens is 326 g/mol. The lowest BCUT2D eigenvalue weighted by Crippen LogP contribution is -3.15. The van der Waals surface area contributed by atoms with Crippen LogP contribution in [0.4, 0.5) is 5.82 Å². The summed E-state index contributed by atoms with van der Waals surface area (Å²) in [6, 6.07) is 14.7. The molecule has 2 heterocycles. The predicted octanol–water partition coefficient (Wildman–Crippen LogP) is -0.386. The van der Waals surface area contributed by atoms with E-state index in [4.69, 9.17) is 4.18 Å². The van der Waals surface area contributed by atoms with Crippen LogP contribution in [0, 0.1) is 0 Å². The fraction of sp³-hybridized carbons (Fsp3) is 0.353. The lowest BCUT2D eigenvalue weighted by Gasteiger charge is -2.28. The highest BCUT2D eigenvalue weighted by atomic mass is 32.2. The molecule has 128 valence electrons. The minimum atomic E-state index is -3.54. The number of pyridine rings is 1. The predicted molar refractivity (Wildman–Crippen MR) is 91.6 cm³/mol. The van der Waals surface area contributed by atoms with Gasteiger partial charge in [-0.1, -0.05) is 24.3 Å². The number of anilines is 1. The molecule has 24 heavy (non-hydrogen) atoms. The van der Waals surface area contributed by atoms with Gasteiger partial charge in [-0.2, -0.15) is 8.42 Å². The van der Waals surface area contributed by atoms with Crippen LogP contribution in [-0.2, 0) is 10.1 Å². The fourth-order valence-electron chi connectivity index (χ4n) is 2.83. The Morgan fingerprint density at radius 1 is 1.04 bits per heavy atom. The summed E-state index contributed by atoms with van der Waals surface area (Å²) in [6.45, 7) is 4.24. The second-order valence-corrected chi connectivity index (χ2v) is 7.58. The molecule has 1 aromatic heterocycles. The first kappa shape index (κ1) is 16.7. The molecule has 0 unspecified atom stereocenters. The SMILES string of the molecule is O=S(=O)(CC[NH+]1CCN(c2cccc[nH+]2)CC1)Oc1ccccc1. The van der Waals surface area contributed by atoms with E-state index in [1.165, 1.54) is 4.90 Å². The molecule has 1 aliphatic heterocycles. The number of piperazine rings is 1. The largest absolute Gasteiger partial charge is 0.382 e. The Morgan fingerprint density at radius 3 is 2.42 bits per heavy atom. The van der Waals surface area contributed by atoms with Crippen molar-refractivity contribution < 1.29 is 22.5 Å². The number of nitrogens with one attached hydrogen (secondary N) is 2. The highest BCUT2D eigenvalue weighted by Crippen LogP contribution is 2.11. The average molecular weight is 349 g/mol. The number of hydrogen-bond donors (Lipinski definition) is 1. The van der Waals surface area contributed by atoms with Crippen LogP contribution in [0.3, 0.4) is 0 Å². The molecular formula is C17H23N3O3S+2. The first-order valence-electron chi connectivity index (χ1n) is 8.15. The van der Waals surface area contributed by atoms with E-state index in [1.54, 1.807) is 24.3 Å². The van der Waals surface area contributed by atoms with Crippen molar-refractivity contribution in [2.24, 2.45) is 0 Å². The highest BCUT2D eigenvalue weighted by Gasteiger charge is 2.27. The summed E-state index contributed by atoms with van der Waals surface area (Å²) in [4.78, 5) is 6.82. The van der Waals surface area contributed by atoms with E-state index in [9.17, 15) is 8.42 Å². The molecule has 0 radical (unpaired) electrons. The molecule has 0 amide bonds. The second kappa shape index (κ2) is 7.63. The number of H-pyrrole nitrogens is 1. The minimum absolute atomic E-state index is 0.0364. The Hall–Kier alpha value is -2.12. The normalized spacial score (nSPS) is 16.1. The average Bonchev–Trinajstić information content (AvgIpc) is 2.62. The Morgan fingerprint density at radius 2 is 1.75 bits per heavy atom. The molecule has 3 rings (SSSR count). The van der Waals surface area contributed by atoms with Gasteiger partial charge in [0.15, 0.2) is 0 Å². The molecule has 0 atom stereocenters. The molecule has 0 saturated carbocycles. The van der Waals surface area contributed by atoms with Crippen molar-refractivity contribution in [3.8, 4) is 5.75 Å². The summed E-state index contributed by atoms with van der Waals surface area (Å²) < 4.78 is 29.3. The Balaban J connectivity index is 1.46. The topological polar surface area (TPSA) is 65.2 Å². The zero-order valence-corrected chi connectivity index (χ0v) is 14.3. The summed E-state index contributed by atoms with van der Waals surface area (Å²) in [6.07, 6.45) is 1.92. The van der Waals surface area contributed by atoms with Gasteiger partial charge in [-0.15, -0.1) is 0 Å². The Kier molecular flexibility index (Phi) is 5.32. The third-order valence-electron chi connectivity index (χ3n) is 4.18. The highest BCUT2D eigenvalue weighted by molar-refractivity contribution is 7.87. The maximum Gasteiger partial charge on any atom is 0.314 e. The van der Waals surface area contributed by atoms with Gasteiger partial charge in [0.2, 0.25) is 0 Å². The number of aromatic nitrogens is 1. The van der Waals surface area contributed by atoms with Crippen LogP contribution in [0.2, 0.25) is 0 Å². The van der Waals surface area contributed by atoms with E-state index in [0.29, 0.717) is 12.3 Å². The van der Waals surface area contributed by atoms with Crippen molar-refractivity contribution in [2.45, 2.75) is 0 Å². The lowest BCUT2D eigenvalue weighted by molar-refractivity contribution is -0.898. The number of aromatic amines is 1. The van der Waals surface area contributed by atoms with Gasteiger partial charge in [0.05, 0.1) is 12.7 Å². The van der Waals surface area contributed by atoms with Gasteiger partial charge in [-0.25, -0.2) is 4.98 Å².